The number of ether oxygens (including phenoxy) is 1. The number of hydrogen-bond acceptors (Lipinski definition) is 1. The van der Waals surface area contributed by atoms with Crippen LogP contribution in [0.25, 0.3) is 0 Å². The molecule has 0 spiro atoms. The maximum atomic E-state index is 5.76. The highest BCUT2D eigenvalue weighted by Gasteiger charge is 2.73. The van der Waals surface area contributed by atoms with Crippen LogP contribution in [0.15, 0.2) is 0 Å². The van der Waals surface area contributed by atoms with Gasteiger partial charge in [-0.3, -0.25) is 0 Å². The lowest BCUT2D eigenvalue weighted by Gasteiger charge is -2.31. The number of fused-ring (bicyclic) bond motifs is 5. The summed E-state index contributed by atoms with van der Waals surface area (Å²) in [7, 11) is 0. The lowest BCUT2D eigenvalue weighted by Crippen LogP contribution is -2.32. The van der Waals surface area contributed by atoms with Gasteiger partial charge in [0.05, 0.1) is 11.7 Å². The van der Waals surface area contributed by atoms with Gasteiger partial charge in [0.2, 0.25) is 0 Å². The summed E-state index contributed by atoms with van der Waals surface area (Å²) >= 11 is 0. The SMILES string of the molecule is CC1(C)CC2CC1C1(C)OC21. The molecule has 1 heteroatoms. The van der Waals surface area contributed by atoms with Crippen LogP contribution in [-0.4, -0.2) is 11.7 Å². The summed E-state index contributed by atoms with van der Waals surface area (Å²) < 4.78 is 5.76. The Balaban J connectivity index is 2.02. The summed E-state index contributed by atoms with van der Waals surface area (Å²) in [5.41, 5.74) is 0.874. The molecule has 4 unspecified atom stereocenters. The topological polar surface area (TPSA) is 12.5 Å². The molecule has 0 aromatic heterocycles. The molecule has 1 nitrogen and oxygen atoms in total. The van der Waals surface area contributed by atoms with E-state index in [2.05, 4.69) is 20.8 Å². The van der Waals surface area contributed by atoms with E-state index in [1.54, 1.807) is 0 Å². The maximum Gasteiger partial charge on any atom is 0.0956 e. The van der Waals surface area contributed by atoms with Gasteiger partial charge in [-0.25, -0.2) is 0 Å². The molecule has 11 heavy (non-hydrogen) atoms. The van der Waals surface area contributed by atoms with E-state index in [1.165, 1.54) is 12.8 Å². The highest BCUT2D eigenvalue weighted by atomic mass is 16.6. The van der Waals surface area contributed by atoms with Crippen molar-refractivity contribution in [3.8, 4) is 0 Å². The number of rotatable bonds is 0. The fraction of sp³-hybridized carbons (Fsp3) is 1.00. The van der Waals surface area contributed by atoms with Crippen LogP contribution in [0.1, 0.15) is 33.6 Å². The predicted octanol–water partition coefficient (Wildman–Crippen LogP) is 2.21. The monoisotopic (exact) mass is 152 g/mol. The minimum absolute atomic E-state index is 0.312. The van der Waals surface area contributed by atoms with Crippen LogP contribution in [0.3, 0.4) is 0 Å². The maximum absolute atomic E-state index is 5.76. The van der Waals surface area contributed by atoms with Crippen molar-refractivity contribution in [2.45, 2.75) is 45.3 Å². The van der Waals surface area contributed by atoms with E-state index in [9.17, 15) is 0 Å². The molecule has 1 saturated heterocycles. The molecular formula is C10H16O. The number of hydrogen-bond donors (Lipinski definition) is 0. The van der Waals surface area contributed by atoms with Crippen LogP contribution < -0.4 is 0 Å². The largest absolute Gasteiger partial charge is 0.366 e. The van der Waals surface area contributed by atoms with E-state index < -0.39 is 0 Å². The van der Waals surface area contributed by atoms with Gasteiger partial charge in [0.15, 0.2) is 0 Å². The van der Waals surface area contributed by atoms with Gasteiger partial charge in [-0.2, -0.15) is 0 Å². The lowest BCUT2D eigenvalue weighted by molar-refractivity contribution is 0.138. The average molecular weight is 152 g/mol. The van der Waals surface area contributed by atoms with E-state index in [0.717, 1.165) is 11.8 Å². The molecule has 0 amide bonds. The van der Waals surface area contributed by atoms with Gasteiger partial charge in [0.25, 0.3) is 0 Å². The molecule has 3 rings (SSSR count). The van der Waals surface area contributed by atoms with Gasteiger partial charge in [-0.05, 0) is 37.0 Å². The molecule has 2 bridgehead atoms. The van der Waals surface area contributed by atoms with E-state index >= 15 is 0 Å². The molecule has 0 aromatic rings. The third-order valence-corrected chi connectivity index (χ3v) is 4.28. The Morgan fingerprint density at radius 3 is 2.45 bits per heavy atom. The van der Waals surface area contributed by atoms with Crippen molar-refractivity contribution in [1.82, 2.24) is 0 Å². The summed E-state index contributed by atoms with van der Waals surface area (Å²) in [5.74, 6) is 1.75. The third kappa shape index (κ3) is 0.547. The van der Waals surface area contributed by atoms with E-state index in [0.29, 0.717) is 17.1 Å². The van der Waals surface area contributed by atoms with Crippen LogP contribution >= 0.6 is 0 Å². The molecule has 3 fully saturated rings. The Morgan fingerprint density at radius 2 is 2.00 bits per heavy atom. The molecule has 62 valence electrons. The second kappa shape index (κ2) is 1.39. The van der Waals surface area contributed by atoms with Gasteiger partial charge in [-0.1, -0.05) is 13.8 Å². The first-order chi connectivity index (χ1) is 5.04. The zero-order valence-electron chi connectivity index (χ0n) is 7.55. The van der Waals surface area contributed by atoms with Crippen LogP contribution in [0.4, 0.5) is 0 Å². The molecular weight excluding hydrogens is 136 g/mol. The van der Waals surface area contributed by atoms with Crippen LogP contribution in [0.5, 0.6) is 0 Å². The van der Waals surface area contributed by atoms with Gasteiger partial charge in [0, 0.05) is 0 Å². The molecule has 1 heterocycles. The summed E-state index contributed by atoms with van der Waals surface area (Å²) in [5, 5.41) is 0. The normalized spacial score (nSPS) is 63.0. The van der Waals surface area contributed by atoms with Crippen molar-refractivity contribution >= 4 is 0 Å². The summed E-state index contributed by atoms with van der Waals surface area (Å²) in [6.45, 7) is 7.12. The van der Waals surface area contributed by atoms with Crippen molar-refractivity contribution in [2.24, 2.45) is 17.3 Å². The predicted molar refractivity (Wildman–Crippen MR) is 43.3 cm³/mol. The van der Waals surface area contributed by atoms with Gasteiger partial charge < -0.3 is 4.74 Å². The highest BCUT2D eigenvalue weighted by Crippen LogP contribution is 2.69. The molecule has 4 atom stereocenters. The second-order valence-corrected chi connectivity index (χ2v) is 5.46. The van der Waals surface area contributed by atoms with Gasteiger partial charge >= 0.3 is 0 Å². The summed E-state index contributed by atoms with van der Waals surface area (Å²) in [6.07, 6.45) is 3.49. The van der Waals surface area contributed by atoms with Crippen LogP contribution in [0.2, 0.25) is 0 Å². The Hall–Kier alpha value is -0.0400. The third-order valence-electron chi connectivity index (χ3n) is 4.28. The smallest absolute Gasteiger partial charge is 0.0956 e. The molecule has 1 aliphatic heterocycles. The fourth-order valence-corrected chi connectivity index (χ4v) is 3.85. The van der Waals surface area contributed by atoms with Crippen LogP contribution in [0, 0.1) is 17.3 Å². The zero-order valence-corrected chi connectivity index (χ0v) is 7.55. The Morgan fingerprint density at radius 1 is 1.27 bits per heavy atom. The van der Waals surface area contributed by atoms with Crippen molar-refractivity contribution in [3.63, 3.8) is 0 Å². The standard InChI is InChI=1S/C10H16O/c1-9(2)5-6-4-7(9)10(3)8(6)11-10/h6-8H,4-5H2,1-3H3. The van der Waals surface area contributed by atoms with Crippen molar-refractivity contribution in [3.05, 3.63) is 0 Å². The highest BCUT2D eigenvalue weighted by molar-refractivity contribution is 5.21. The zero-order chi connectivity index (χ0) is 7.85. The van der Waals surface area contributed by atoms with E-state index in [-0.39, 0.29) is 0 Å². The fourth-order valence-electron chi connectivity index (χ4n) is 3.85. The van der Waals surface area contributed by atoms with Gasteiger partial charge in [0.1, 0.15) is 0 Å². The molecule has 3 aliphatic rings. The second-order valence-electron chi connectivity index (χ2n) is 5.46. The average Bonchev–Trinajstić information content (AvgIpc) is 2.35. The van der Waals surface area contributed by atoms with E-state index in [4.69, 9.17) is 4.74 Å². The summed E-state index contributed by atoms with van der Waals surface area (Å²) in [6, 6.07) is 0. The number of epoxide rings is 1. The molecule has 0 N–H and O–H groups in total. The Bertz CT molecular complexity index is 216. The van der Waals surface area contributed by atoms with E-state index in [1.807, 2.05) is 0 Å². The Labute approximate surface area is 68.1 Å². The summed E-state index contributed by atoms with van der Waals surface area (Å²) in [4.78, 5) is 0. The van der Waals surface area contributed by atoms with Crippen molar-refractivity contribution < 1.29 is 4.74 Å². The van der Waals surface area contributed by atoms with Gasteiger partial charge in [-0.15, -0.1) is 0 Å². The molecule has 0 radical (unpaired) electrons. The first kappa shape index (κ1) is 6.47. The molecule has 0 aromatic carbocycles. The first-order valence-electron chi connectivity index (χ1n) is 4.72. The van der Waals surface area contributed by atoms with Crippen molar-refractivity contribution in [1.29, 1.82) is 0 Å². The minimum Gasteiger partial charge on any atom is -0.366 e. The molecule has 2 aliphatic carbocycles. The Kier molecular flexibility index (Phi) is 0.820. The lowest BCUT2D eigenvalue weighted by atomic mass is 9.71. The quantitative estimate of drug-likeness (QED) is 0.485. The first-order valence-corrected chi connectivity index (χ1v) is 4.72. The van der Waals surface area contributed by atoms with Crippen LogP contribution in [-0.2, 0) is 4.74 Å². The minimum atomic E-state index is 0.312. The molecule has 2 saturated carbocycles. The van der Waals surface area contributed by atoms with Crippen molar-refractivity contribution in [2.75, 3.05) is 0 Å².